The van der Waals surface area contributed by atoms with Crippen molar-refractivity contribution in [2.24, 2.45) is 7.05 Å². The number of aromatic nitrogens is 2. The van der Waals surface area contributed by atoms with Crippen molar-refractivity contribution in [3.63, 3.8) is 0 Å². The van der Waals surface area contributed by atoms with Gasteiger partial charge in [-0.25, -0.2) is 9.37 Å². The first kappa shape index (κ1) is 15.2. The molecule has 0 bridgehead atoms. The number of rotatable bonds is 6. The third-order valence-electron chi connectivity index (χ3n) is 3.24. The van der Waals surface area contributed by atoms with E-state index >= 15 is 0 Å². The fraction of sp³-hybridized carbons (Fsp3) is 0.400. The Morgan fingerprint density at radius 1 is 1.45 bits per heavy atom. The lowest BCUT2D eigenvalue weighted by molar-refractivity contribution is 0.489. The van der Waals surface area contributed by atoms with Crippen LogP contribution in [0.4, 0.5) is 4.39 Å². The molecule has 0 radical (unpaired) electrons. The molecule has 1 N–H and O–H groups in total. The fourth-order valence-corrected chi connectivity index (χ4v) is 2.61. The molecule has 0 saturated heterocycles. The van der Waals surface area contributed by atoms with Crippen LogP contribution >= 0.6 is 15.9 Å². The lowest BCUT2D eigenvalue weighted by Crippen LogP contribution is -2.26. The molecule has 0 saturated carbocycles. The van der Waals surface area contributed by atoms with E-state index in [1.54, 1.807) is 18.3 Å². The molecule has 1 unspecified atom stereocenters. The zero-order chi connectivity index (χ0) is 14.5. The molecule has 1 heterocycles. The largest absolute Gasteiger partial charge is 0.337 e. The summed E-state index contributed by atoms with van der Waals surface area (Å²) < 4.78 is 16.3. The van der Waals surface area contributed by atoms with Crippen LogP contribution in [0.5, 0.6) is 0 Å². The van der Waals surface area contributed by atoms with Gasteiger partial charge in [-0.2, -0.15) is 0 Å². The molecule has 0 spiro atoms. The Morgan fingerprint density at radius 2 is 2.25 bits per heavy atom. The molecule has 0 aliphatic carbocycles. The first-order valence-electron chi connectivity index (χ1n) is 6.76. The van der Waals surface area contributed by atoms with Crippen LogP contribution in [0.25, 0.3) is 0 Å². The number of hydrogen-bond donors (Lipinski definition) is 1. The van der Waals surface area contributed by atoms with Crippen molar-refractivity contribution in [3.8, 4) is 0 Å². The van der Waals surface area contributed by atoms with E-state index in [1.165, 1.54) is 6.07 Å². The predicted molar refractivity (Wildman–Crippen MR) is 82.0 cm³/mol. The smallest absolute Gasteiger partial charge is 0.125 e. The minimum atomic E-state index is -0.211. The predicted octanol–water partition coefficient (Wildman–Crippen LogP) is 3.61. The molecule has 5 heteroatoms. The maximum absolute atomic E-state index is 13.4. The second-order valence-electron chi connectivity index (χ2n) is 4.84. The van der Waals surface area contributed by atoms with Crippen LogP contribution in [0.2, 0.25) is 0 Å². The number of aryl methyl sites for hydroxylation is 1. The maximum Gasteiger partial charge on any atom is 0.125 e. The zero-order valence-corrected chi connectivity index (χ0v) is 13.3. The van der Waals surface area contributed by atoms with Crippen LogP contribution in [0.1, 0.15) is 30.8 Å². The number of halogens is 2. The number of hydrogen-bond acceptors (Lipinski definition) is 2. The summed E-state index contributed by atoms with van der Waals surface area (Å²) in [5.74, 6) is 0.756. The van der Waals surface area contributed by atoms with Crippen LogP contribution in [-0.2, 0) is 13.5 Å². The first-order chi connectivity index (χ1) is 9.61. The maximum atomic E-state index is 13.4. The molecule has 3 nitrogen and oxygen atoms in total. The van der Waals surface area contributed by atoms with Gasteiger partial charge in [0.25, 0.3) is 0 Å². The quantitative estimate of drug-likeness (QED) is 0.871. The topological polar surface area (TPSA) is 29.9 Å². The van der Waals surface area contributed by atoms with E-state index in [4.69, 9.17) is 0 Å². The van der Waals surface area contributed by atoms with Crippen LogP contribution < -0.4 is 5.32 Å². The molecule has 1 aromatic carbocycles. The molecule has 0 amide bonds. The van der Waals surface area contributed by atoms with Crippen LogP contribution in [0.15, 0.2) is 35.1 Å². The highest BCUT2D eigenvalue weighted by atomic mass is 79.9. The van der Waals surface area contributed by atoms with Gasteiger partial charge in [-0.15, -0.1) is 0 Å². The van der Waals surface area contributed by atoms with Crippen LogP contribution in [0.3, 0.4) is 0 Å². The van der Waals surface area contributed by atoms with Crippen molar-refractivity contribution >= 4 is 15.9 Å². The Morgan fingerprint density at radius 3 is 2.90 bits per heavy atom. The lowest BCUT2D eigenvalue weighted by atomic mass is 10.0. The van der Waals surface area contributed by atoms with Crippen molar-refractivity contribution in [1.82, 2.24) is 14.9 Å². The Kier molecular flexibility index (Phi) is 5.31. The molecule has 2 aromatic rings. The number of nitrogens with one attached hydrogen (secondary N) is 1. The summed E-state index contributed by atoms with van der Waals surface area (Å²) in [4.78, 5) is 4.41. The standard InChI is InChI=1S/C15H19BrFN3/c1-3-6-18-14(15-19-7-8-20(15)2)10-11-9-12(17)4-5-13(11)16/h4-5,7-9,14,18H,3,6,10H2,1-2H3. The third-order valence-corrected chi connectivity index (χ3v) is 4.02. The second kappa shape index (κ2) is 6.99. The normalized spacial score (nSPS) is 12.6. The first-order valence-corrected chi connectivity index (χ1v) is 7.55. The molecule has 0 aliphatic heterocycles. The van der Waals surface area contributed by atoms with Gasteiger partial charge in [0.1, 0.15) is 11.6 Å². The molecular formula is C15H19BrFN3. The molecule has 0 fully saturated rings. The van der Waals surface area contributed by atoms with Gasteiger partial charge < -0.3 is 9.88 Å². The van der Waals surface area contributed by atoms with Crippen LogP contribution in [0, 0.1) is 5.82 Å². The van der Waals surface area contributed by atoms with Crippen molar-refractivity contribution in [2.75, 3.05) is 6.54 Å². The van der Waals surface area contributed by atoms with Gasteiger partial charge in [-0.1, -0.05) is 22.9 Å². The molecule has 0 aliphatic rings. The van der Waals surface area contributed by atoms with Gasteiger partial charge in [-0.05, 0) is 43.1 Å². The molecule has 1 aromatic heterocycles. The average Bonchev–Trinajstić information content (AvgIpc) is 2.84. The molecule has 108 valence electrons. The van der Waals surface area contributed by atoms with Crippen molar-refractivity contribution < 1.29 is 4.39 Å². The Labute approximate surface area is 127 Å². The summed E-state index contributed by atoms with van der Waals surface area (Å²) in [5.41, 5.74) is 0.946. The van der Waals surface area contributed by atoms with Crippen LogP contribution in [-0.4, -0.2) is 16.1 Å². The van der Waals surface area contributed by atoms with Gasteiger partial charge in [0, 0.05) is 23.9 Å². The third kappa shape index (κ3) is 3.67. The summed E-state index contributed by atoms with van der Waals surface area (Å²) >= 11 is 3.49. The summed E-state index contributed by atoms with van der Waals surface area (Å²) in [7, 11) is 1.98. The van der Waals surface area contributed by atoms with Gasteiger partial charge >= 0.3 is 0 Å². The highest BCUT2D eigenvalue weighted by molar-refractivity contribution is 9.10. The lowest BCUT2D eigenvalue weighted by Gasteiger charge is -2.19. The Balaban J connectivity index is 2.23. The monoisotopic (exact) mass is 339 g/mol. The Bertz CT molecular complexity index is 568. The summed E-state index contributed by atoms with van der Waals surface area (Å²) in [6.45, 7) is 3.03. The van der Waals surface area contributed by atoms with Gasteiger partial charge in [0.15, 0.2) is 0 Å². The minimum Gasteiger partial charge on any atom is -0.337 e. The second-order valence-corrected chi connectivity index (χ2v) is 5.70. The van der Waals surface area contributed by atoms with Crippen molar-refractivity contribution in [1.29, 1.82) is 0 Å². The summed E-state index contributed by atoms with van der Waals surface area (Å²) in [6.07, 6.45) is 5.46. The van der Waals surface area contributed by atoms with Crippen molar-refractivity contribution in [2.45, 2.75) is 25.8 Å². The number of benzene rings is 1. The zero-order valence-electron chi connectivity index (χ0n) is 11.7. The molecular weight excluding hydrogens is 321 g/mol. The molecule has 20 heavy (non-hydrogen) atoms. The van der Waals surface area contributed by atoms with E-state index in [1.807, 2.05) is 17.8 Å². The van der Waals surface area contributed by atoms with Gasteiger partial charge in [-0.3, -0.25) is 0 Å². The van der Waals surface area contributed by atoms with E-state index in [0.717, 1.165) is 28.8 Å². The minimum absolute atomic E-state index is 0.0769. The number of nitrogens with zero attached hydrogens (tertiary/aromatic N) is 2. The van der Waals surface area contributed by atoms with E-state index in [-0.39, 0.29) is 11.9 Å². The van der Waals surface area contributed by atoms with E-state index < -0.39 is 0 Å². The number of imidazole rings is 1. The van der Waals surface area contributed by atoms with E-state index in [0.29, 0.717) is 6.42 Å². The highest BCUT2D eigenvalue weighted by Gasteiger charge is 2.17. The highest BCUT2D eigenvalue weighted by Crippen LogP contribution is 2.24. The molecule has 1 atom stereocenters. The molecule has 2 rings (SSSR count). The SMILES string of the molecule is CCCNC(Cc1cc(F)ccc1Br)c1nccn1C. The van der Waals surface area contributed by atoms with E-state index in [2.05, 4.69) is 33.2 Å². The van der Waals surface area contributed by atoms with E-state index in [9.17, 15) is 4.39 Å². The summed E-state index contributed by atoms with van der Waals surface area (Å²) in [6, 6.07) is 4.87. The Hall–Kier alpha value is -1.20. The van der Waals surface area contributed by atoms with Gasteiger partial charge in [0.2, 0.25) is 0 Å². The van der Waals surface area contributed by atoms with Crippen molar-refractivity contribution in [3.05, 3.63) is 52.3 Å². The fourth-order valence-electron chi connectivity index (χ4n) is 2.21. The summed E-state index contributed by atoms with van der Waals surface area (Å²) in [5, 5.41) is 3.48. The average molecular weight is 340 g/mol. The van der Waals surface area contributed by atoms with Gasteiger partial charge in [0.05, 0.1) is 6.04 Å².